The van der Waals surface area contributed by atoms with Crippen molar-refractivity contribution >= 4 is 44.0 Å². The normalized spacial score (nSPS) is 17.5. The van der Waals surface area contributed by atoms with Gasteiger partial charge < -0.3 is 14.8 Å². The minimum Gasteiger partial charge on any atom is -0.360 e. The number of imidazole rings is 1. The number of aryl methyl sites for hydroxylation is 2. The van der Waals surface area contributed by atoms with Crippen LogP contribution in [-0.4, -0.2) is 46.8 Å². The summed E-state index contributed by atoms with van der Waals surface area (Å²) in [6, 6.07) is 9.47. The van der Waals surface area contributed by atoms with E-state index in [-0.39, 0.29) is 23.1 Å². The first-order valence-corrected chi connectivity index (χ1v) is 12.9. The zero-order valence-electron chi connectivity index (χ0n) is 18.2. The highest BCUT2D eigenvalue weighted by Crippen LogP contribution is 2.29. The molecule has 1 unspecified atom stereocenters. The van der Waals surface area contributed by atoms with Crippen molar-refractivity contribution in [3.8, 4) is 10.7 Å². The van der Waals surface area contributed by atoms with Crippen LogP contribution in [0.3, 0.4) is 0 Å². The van der Waals surface area contributed by atoms with Crippen LogP contribution < -0.4 is 5.32 Å². The lowest BCUT2D eigenvalue weighted by Crippen LogP contribution is -2.43. The third-order valence-electron chi connectivity index (χ3n) is 5.82. The second-order valence-corrected chi connectivity index (χ2v) is 11.0. The maximum absolute atomic E-state index is 13.1. The van der Waals surface area contributed by atoms with Crippen molar-refractivity contribution in [2.75, 3.05) is 18.4 Å². The molecule has 11 heteroatoms. The molecule has 0 radical (unpaired) electrons. The molecular weight excluding hydrogens is 462 g/mol. The van der Waals surface area contributed by atoms with Crippen molar-refractivity contribution in [1.29, 1.82) is 0 Å². The highest BCUT2D eigenvalue weighted by molar-refractivity contribution is 7.89. The number of hydrogen-bond acceptors (Lipinski definition) is 7. The van der Waals surface area contributed by atoms with Gasteiger partial charge in [-0.1, -0.05) is 11.2 Å². The predicted octanol–water partition coefficient (Wildman–Crippen LogP) is 3.94. The molecule has 5 rings (SSSR count). The molecule has 0 spiro atoms. The summed E-state index contributed by atoms with van der Waals surface area (Å²) in [6.07, 6.45) is 1.22. The van der Waals surface area contributed by atoms with Gasteiger partial charge in [-0.15, -0.1) is 11.3 Å². The average Bonchev–Trinajstić information content (AvgIpc) is 3.53. The number of sulfonamides is 1. The van der Waals surface area contributed by atoms with E-state index in [9.17, 15) is 13.2 Å². The van der Waals surface area contributed by atoms with Crippen LogP contribution in [-0.2, 0) is 14.8 Å². The van der Waals surface area contributed by atoms with Crippen LogP contribution in [0, 0.1) is 19.8 Å². The van der Waals surface area contributed by atoms with Crippen LogP contribution in [0.2, 0.25) is 0 Å². The zero-order valence-corrected chi connectivity index (χ0v) is 19.8. The third-order valence-corrected chi connectivity index (χ3v) is 8.81. The number of thiophene rings is 1. The molecule has 1 amide bonds. The van der Waals surface area contributed by atoms with Crippen LogP contribution in [0.15, 0.2) is 45.1 Å². The fourth-order valence-corrected chi connectivity index (χ4v) is 6.69. The van der Waals surface area contributed by atoms with Crippen LogP contribution in [0.4, 0.5) is 5.69 Å². The number of carbonyl (C=O) groups is 1. The van der Waals surface area contributed by atoms with Gasteiger partial charge in [-0.05, 0) is 56.3 Å². The smallest absolute Gasteiger partial charge is 0.248 e. The van der Waals surface area contributed by atoms with E-state index in [1.165, 1.54) is 4.31 Å². The van der Waals surface area contributed by atoms with Gasteiger partial charge >= 0.3 is 0 Å². The Labute approximate surface area is 194 Å². The van der Waals surface area contributed by atoms with Gasteiger partial charge in [0.15, 0.2) is 5.76 Å². The van der Waals surface area contributed by atoms with Gasteiger partial charge in [-0.3, -0.25) is 4.79 Å². The Morgan fingerprint density at radius 1 is 1.30 bits per heavy atom. The molecule has 0 saturated carbocycles. The molecule has 0 bridgehead atoms. The largest absolute Gasteiger partial charge is 0.360 e. The van der Waals surface area contributed by atoms with E-state index in [2.05, 4.69) is 20.4 Å². The highest BCUT2D eigenvalue weighted by Gasteiger charge is 2.36. The molecule has 1 atom stereocenters. The molecule has 1 saturated heterocycles. The minimum absolute atomic E-state index is 0.0924. The summed E-state index contributed by atoms with van der Waals surface area (Å²) in [5.41, 5.74) is 2.60. The molecule has 33 heavy (non-hydrogen) atoms. The lowest BCUT2D eigenvalue weighted by Gasteiger charge is -2.31. The number of fused-ring (bicyclic) bond motifs is 1. The number of nitrogens with zero attached hydrogens (tertiary/aromatic N) is 3. The highest BCUT2D eigenvalue weighted by atomic mass is 32.2. The Kier molecular flexibility index (Phi) is 5.55. The van der Waals surface area contributed by atoms with Gasteiger partial charge in [0, 0.05) is 18.8 Å². The minimum atomic E-state index is -3.78. The van der Waals surface area contributed by atoms with Gasteiger partial charge in [-0.2, -0.15) is 4.31 Å². The fourth-order valence-electron chi connectivity index (χ4n) is 4.21. The van der Waals surface area contributed by atoms with Crippen molar-refractivity contribution in [1.82, 2.24) is 19.4 Å². The SMILES string of the molecule is Cc1noc(C)c1S(=O)(=O)N1CCCC(C(=O)Nc2ccc3nc(-c4cccs4)[nH]c3c2)C1. The van der Waals surface area contributed by atoms with E-state index in [0.29, 0.717) is 30.8 Å². The van der Waals surface area contributed by atoms with Crippen molar-refractivity contribution in [2.45, 2.75) is 31.6 Å². The van der Waals surface area contributed by atoms with Crippen LogP contribution in [0.1, 0.15) is 24.3 Å². The maximum Gasteiger partial charge on any atom is 0.248 e. The van der Waals surface area contributed by atoms with Gasteiger partial charge in [-0.25, -0.2) is 13.4 Å². The number of carbonyl (C=O) groups excluding carboxylic acids is 1. The van der Waals surface area contributed by atoms with E-state index in [1.807, 2.05) is 29.6 Å². The average molecular weight is 486 g/mol. The van der Waals surface area contributed by atoms with E-state index in [0.717, 1.165) is 21.7 Å². The number of hydrogen-bond donors (Lipinski definition) is 2. The maximum atomic E-state index is 13.1. The van der Waals surface area contributed by atoms with Crippen LogP contribution in [0.5, 0.6) is 0 Å². The molecule has 2 N–H and O–H groups in total. The van der Waals surface area contributed by atoms with E-state index in [1.54, 1.807) is 31.3 Å². The lowest BCUT2D eigenvalue weighted by molar-refractivity contribution is -0.120. The summed E-state index contributed by atoms with van der Waals surface area (Å²) in [5, 5.41) is 8.70. The molecule has 172 valence electrons. The molecule has 1 aromatic carbocycles. The van der Waals surface area contributed by atoms with Crippen molar-refractivity contribution < 1.29 is 17.7 Å². The number of amides is 1. The first-order valence-electron chi connectivity index (χ1n) is 10.6. The number of nitrogens with one attached hydrogen (secondary N) is 2. The van der Waals surface area contributed by atoms with Crippen LogP contribution >= 0.6 is 11.3 Å². The van der Waals surface area contributed by atoms with Gasteiger partial charge in [0.1, 0.15) is 16.4 Å². The topological polar surface area (TPSA) is 121 Å². The van der Waals surface area contributed by atoms with Gasteiger partial charge in [0.2, 0.25) is 15.9 Å². The zero-order chi connectivity index (χ0) is 23.2. The molecule has 0 aliphatic carbocycles. The number of rotatable bonds is 5. The molecule has 1 aliphatic rings. The van der Waals surface area contributed by atoms with Crippen molar-refractivity contribution in [3.63, 3.8) is 0 Å². The standard InChI is InChI=1S/C22H23N5O4S2/c1-13-20(14(2)31-26-13)33(29,30)27-9-3-5-15(12-27)22(28)23-16-7-8-17-18(11-16)25-21(24-17)19-6-4-10-32-19/h4,6-8,10-11,15H,3,5,9,12H2,1-2H3,(H,23,28)(H,24,25). The second kappa shape index (κ2) is 8.40. The molecule has 1 fully saturated rings. The molecule has 3 aromatic heterocycles. The first kappa shape index (κ1) is 21.8. The fraction of sp³-hybridized carbons (Fsp3) is 0.318. The number of benzene rings is 1. The molecule has 4 heterocycles. The molecule has 4 aromatic rings. The number of aromatic amines is 1. The van der Waals surface area contributed by atoms with Gasteiger partial charge in [0.25, 0.3) is 0 Å². The Balaban J connectivity index is 1.32. The third kappa shape index (κ3) is 4.07. The van der Waals surface area contributed by atoms with Gasteiger partial charge in [0.05, 0.1) is 21.8 Å². The Bertz CT molecular complexity index is 1400. The summed E-state index contributed by atoms with van der Waals surface area (Å²) in [5.74, 6) is 0.393. The molecular formula is C22H23N5O4S2. The summed E-state index contributed by atoms with van der Waals surface area (Å²) >= 11 is 1.60. The van der Waals surface area contributed by atoms with Crippen molar-refractivity contribution in [3.05, 3.63) is 47.2 Å². The van der Waals surface area contributed by atoms with E-state index < -0.39 is 15.9 Å². The summed E-state index contributed by atoms with van der Waals surface area (Å²) in [4.78, 5) is 22.0. The molecule has 9 nitrogen and oxygen atoms in total. The van der Waals surface area contributed by atoms with E-state index >= 15 is 0 Å². The number of anilines is 1. The van der Waals surface area contributed by atoms with E-state index in [4.69, 9.17) is 4.52 Å². The number of aromatic nitrogens is 3. The quantitative estimate of drug-likeness (QED) is 0.442. The lowest BCUT2D eigenvalue weighted by atomic mass is 9.98. The summed E-state index contributed by atoms with van der Waals surface area (Å²) in [6.45, 7) is 3.66. The number of piperidine rings is 1. The first-order chi connectivity index (χ1) is 15.8. The predicted molar refractivity (Wildman–Crippen MR) is 125 cm³/mol. The number of H-pyrrole nitrogens is 1. The summed E-state index contributed by atoms with van der Waals surface area (Å²) < 4.78 is 32.7. The van der Waals surface area contributed by atoms with Crippen molar-refractivity contribution in [2.24, 2.45) is 5.92 Å². The van der Waals surface area contributed by atoms with Crippen LogP contribution in [0.25, 0.3) is 21.7 Å². The monoisotopic (exact) mass is 485 g/mol. The second-order valence-electron chi connectivity index (χ2n) is 8.14. The Morgan fingerprint density at radius 3 is 2.88 bits per heavy atom. The Hall–Kier alpha value is -3.02. The Morgan fingerprint density at radius 2 is 2.15 bits per heavy atom. The summed E-state index contributed by atoms with van der Waals surface area (Å²) in [7, 11) is -3.78. The molecule has 1 aliphatic heterocycles.